The number of hydrogen-bond acceptors (Lipinski definition) is 2. The Morgan fingerprint density at radius 2 is 1.40 bits per heavy atom. The van der Waals surface area contributed by atoms with Gasteiger partial charge in [-0.3, -0.25) is 0 Å². The third-order valence-corrected chi connectivity index (χ3v) is 11.4. The first kappa shape index (κ1) is 29.0. The van der Waals surface area contributed by atoms with Crippen LogP contribution < -0.4 is 10.4 Å². The average molecular weight is 491 g/mol. The van der Waals surface area contributed by atoms with Crippen molar-refractivity contribution in [3.05, 3.63) is 97.1 Å². The first-order valence-corrected chi connectivity index (χ1v) is 15.3. The molecule has 0 fully saturated rings. The van der Waals surface area contributed by atoms with Crippen LogP contribution in [0.2, 0.25) is 5.04 Å². The molecular formula is C32H46O2Si. The Bertz CT molecular complexity index is 855. The van der Waals surface area contributed by atoms with E-state index in [9.17, 15) is 5.11 Å². The summed E-state index contributed by atoms with van der Waals surface area (Å²) in [5.41, 5.74) is 0. The molecule has 0 saturated carbocycles. The third-order valence-electron chi connectivity index (χ3n) is 6.41. The number of aliphatic hydroxyl groups excluding tert-OH is 1. The molecule has 0 aliphatic rings. The third kappa shape index (κ3) is 9.40. The van der Waals surface area contributed by atoms with Crippen LogP contribution in [-0.2, 0) is 4.43 Å². The molecule has 0 aliphatic heterocycles. The SMILES string of the molecule is CCCCC[C@H](O)/C=C/C=C/C=C/CCCCO[Si](c1ccccc1)(c1ccccc1)C(C)(C)C. The van der Waals surface area contributed by atoms with Gasteiger partial charge in [0, 0.05) is 6.61 Å². The quantitative estimate of drug-likeness (QED) is 0.161. The Morgan fingerprint density at radius 3 is 1.97 bits per heavy atom. The molecule has 1 N–H and O–H groups in total. The van der Waals surface area contributed by atoms with Crippen LogP contribution in [-0.4, -0.2) is 26.1 Å². The van der Waals surface area contributed by atoms with Crippen molar-refractivity contribution < 1.29 is 9.53 Å². The van der Waals surface area contributed by atoms with Crippen LogP contribution in [0.25, 0.3) is 0 Å². The van der Waals surface area contributed by atoms with E-state index < -0.39 is 8.32 Å². The minimum atomic E-state index is -2.42. The van der Waals surface area contributed by atoms with Crippen molar-refractivity contribution in [2.45, 2.75) is 83.8 Å². The fraction of sp³-hybridized carbons (Fsp3) is 0.438. The number of aliphatic hydroxyl groups is 1. The van der Waals surface area contributed by atoms with Gasteiger partial charge >= 0.3 is 0 Å². The molecule has 0 amide bonds. The predicted octanol–water partition coefficient (Wildman–Crippen LogP) is 7.34. The smallest absolute Gasteiger partial charge is 0.261 e. The maximum absolute atomic E-state index is 9.90. The normalized spacial score (nSPS) is 13.9. The second-order valence-electron chi connectivity index (χ2n) is 10.3. The average Bonchev–Trinajstić information content (AvgIpc) is 2.85. The summed E-state index contributed by atoms with van der Waals surface area (Å²) in [5.74, 6) is 0. The Kier molecular flexibility index (Phi) is 13.0. The lowest BCUT2D eigenvalue weighted by Gasteiger charge is -2.43. The van der Waals surface area contributed by atoms with Gasteiger partial charge in [0.25, 0.3) is 8.32 Å². The van der Waals surface area contributed by atoms with Crippen LogP contribution in [0.4, 0.5) is 0 Å². The monoisotopic (exact) mass is 490 g/mol. The largest absolute Gasteiger partial charge is 0.407 e. The van der Waals surface area contributed by atoms with Gasteiger partial charge in [0.2, 0.25) is 0 Å². The van der Waals surface area contributed by atoms with E-state index in [2.05, 4.69) is 101 Å². The van der Waals surface area contributed by atoms with E-state index in [0.717, 1.165) is 38.7 Å². The van der Waals surface area contributed by atoms with Gasteiger partial charge in [0.15, 0.2) is 0 Å². The van der Waals surface area contributed by atoms with Crippen LogP contribution in [0.15, 0.2) is 97.1 Å². The molecule has 0 aromatic heterocycles. The highest BCUT2D eigenvalue weighted by Crippen LogP contribution is 2.36. The highest BCUT2D eigenvalue weighted by atomic mass is 28.4. The van der Waals surface area contributed by atoms with E-state index in [-0.39, 0.29) is 11.1 Å². The highest BCUT2D eigenvalue weighted by Gasteiger charge is 2.49. The standard InChI is InChI=1S/C32H46O2Si/c1-5-6-15-22-29(33)23-16-11-9-7-8-10-12-21-28-34-35(32(2,3)4,30-24-17-13-18-25-30)31-26-19-14-20-27-31/h7-9,11,13-14,16-20,23-27,29,33H,5-6,10,12,15,21-22,28H2,1-4H3/b8-7+,11-9+,23-16+/t29-/m0/s1. The molecule has 190 valence electrons. The van der Waals surface area contributed by atoms with Gasteiger partial charge in [-0.25, -0.2) is 0 Å². The maximum atomic E-state index is 9.90. The first-order valence-electron chi connectivity index (χ1n) is 13.3. The zero-order valence-corrected chi connectivity index (χ0v) is 23.3. The Balaban J connectivity index is 1.87. The summed E-state index contributed by atoms with van der Waals surface area (Å²) in [6.07, 6.45) is 19.3. The Labute approximate surface area is 215 Å². The summed E-state index contributed by atoms with van der Waals surface area (Å²) in [4.78, 5) is 0. The van der Waals surface area contributed by atoms with Crippen molar-refractivity contribution >= 4 is 18.7 Å². The lowest BCUT2D eigenvalue weighted by molar-refractivity contribution is 0.208. The fourth-order valence-electron chi connectivity index (χ4n) is 4.55. The molecule has 2 aromatic rings. The van der Waals surface area contributed by atoms with Crippen LogP contribution in [0.3, 0.4) is 0 Å². The summed E-state index contributed by atoms with van der Waals surface area (Å²) in [6, 6.07) is 21.7. The summed E-state index contributed by atoms with van der Waals surface area (Å²) >= 11 is 0. The fourth-order valence-corrected chi connectivity index (χ4v) is 9.15. The minimum Gasteiger partial charge on any atom is -0.407 e. The molecule has 0 bridgehead atoms. The van der Waals surface area contributed by atoms with Crippen LogP contribution in [0.1, 0.15) is 72.6 Å². The number of benzene rings is 2. The lowest BCUT2D eigenvalue weighted by atomic mass is 10.1. The number of unbranched alkanes of at least 4 members (excludes halogenated alkanes) is 4. The van der Waals surface area contributed by atoms with Crippen molar-refractivity contribution in [2.75, 3.05) is 6.61 Å². The molecule has 0 spiro atoms. The molecule has 1 atom stereocenters. The summed E-state index contributed by atoms with van der Waals surface area (Å²) < 4.78 is 6.95. The summed E-state index contributed by atoms with van der Waals surface area (Å²) in [7, 11) is -2.42. The highest BCUT2D eigenvalue weighted by molar-refractivity contribution is 6.99. The molecule has 0 heterocycles. The van der Waals surface area contributed by atoms with Gasteiger partial charge in [-0.05, 0) is 41.1 Å². The number of hydrogen-bond donors (Lipinski definition) is 1. The lowest BCUT2D eigenvalue weighted by Crippen LogP contribution is -2.66. The molecule has 0 radical (unpaired) electrons. The van der Waals surface area contributed by atoms with Gasteiger partial charge in [0.1, 0.15) is 0 Å². The van der Waals surface area contributed by atoms with Crippen LogP contribution >= 0.6 is 0 Å². The van der Waals surface area contributed by atoms with E-state index in [1.165, 1.54) is 23.2 Å². The molecule has 0 saturated heterocycles. The van der Waals surface area contributed by atoms with E-state index in [1.54, 1.807) is 0 Å². The van der Waals surface area contributed by atoms with Gasteiger partial charge in [-0.2, -0.15) is 0 Å². The van der Waals surface area contributed by atoms with Crippen molar-refractivity contribution in [3.63, 3.8) is 0 Å². The van der Waals surface area contributed by atoms with Gasteiger partial charge < -0.3 is 9.53 Å². The Hall–Kier alpha value is -2.20. The van der Waals surface area contributed by atoms with Crippen molar-refractivity contribution in [1.82, 2.24) is 0 Å². The molecule has 35 heavy (non-hydrogen) atoms. The minimum absolute atomic E-state index is 0.0253. The van der Waals surface area contributed by atoms with Gasteiger partial charge in [0.05, 0.1) is 6.10 Å². The maximum Gasteiger partial charge on any atom is 0.261 e. The molecule has 2 aromatic carbocycles. The molecule has 2 nitrogen and oxygen atoms in total. The Morgan fingerprint density at radius 1 is 0.800 bits per heavy atom. The predicted molar refractivity (Wildman–Crippen MR) is 155 cm³/mol. The second kappa shape index (κ2) is 15.7. The molecule has 0 aliphatic carbocycles. The molecule has 0 unspecified atom stereocenters. The van der Waals surface area contributed by atoms with E-state index in [0.29, 0.717) is 0 Å². The van der Waals surface area contributed by atoms with E-state index in [4.69, 9.17) is 4.43 Å². The first-order chi connectivity index (χ1) is 16.9. The number of rotatable bonds is 15. The van der Waals surface area contributed by atoms with Crippen LogP contribution in [0.5, 0.6) is 0 Å². The molecule has 3 heteroatoms. The summed E-state index contributed by atoms with van der Waals surface area (Å²) in [6.45, 7) is 9.93. The summed E-state index contributed by atoms with van der Waals surface area (Å²) in [5, 5.41) is 12.6. The van der Waals surface area contributed by atoms with Crippen molar-refractivity contribution in [1.29, 1.82) is 0 Å². The molecule has 2 rings (SSSR count). The number of allylic oxidation sites excluding steroid dienone is 5. The van der Waals surface area contributed by atoms with Crippen LogP contribution in [0, 0.1) is 0 Å². The van der Waals surface area contributed by atoms with Crippen molar-refractivity contribution in [3.8, 4) is 0 Å². The van der Waals surface area contributed by atoms with E-state index in [1.807, 2.05) is 24.3 Å². The van der Waals surface area contributed by atoms with Gasteiger partial charge in [-0.15, -0.1) is 0 Å². The molecular weight excluding hydrogens is 444 g/mol. The second-order valence-corrected chi connectivity index (χ2v) is 14.6. The van der Waals surface area contributed by atoms with E-state index >= 15 is 0 Å². The zero-order valence-electron chi connectivity index (χ0n) is 22.3. The van der Waals surface area contributed by atoms with Crippen molar-refractivity contribution in [2.24, 2.45) is 0 Å². The topological polar surface area (TPSA) is 29.5 Å². The van der Waals surface area contributed by atoms with Gasteiger partial charge in [-0.1, -0.05) is 144 Å². The zero-order chi connectivity index (χ0) is 25.4.